The molecule has 0 unspecified atom stereocenters. The zero-order valence-electron chi connectivity index (χ0n) is 16.7. The second kappa shape index (κ2) is 10.9. The van der Waals surface area contributed by atoms with Gasteiger partial charge >= 0.3 is 0 Å². The van der Waals surface area contributed by atoms with Crippen molar-refractivity contribution in [3.63, 3.8) is 0 Å². The molecule has 27 heavy (non-hydrogen) atoms. The zero-order valence-corrected chi connectivity index (χ0v) is 16.7. The van der Waals surface area contributed by atoms with Gasteiger partial charge in [-0.3, -0.25) is 4.90 Å². The number of methoxy groups -OCH3 is 2. The summed E-state index contributed by atoms with van der Waals surface area (Å²) in [5, 5.41) is 10.4. The SMILES string of the molecule is COc1ccc(COC[C@H](O)CN(Cc2ccccc2)C(C)C)cc1OC. The van der Waals surface area contributed by atoms with Crippen molar-refractivity contribution in [2.45, 2.75) is 39.1 Å². The highest BCUT2D eigenvalue weighted by molar-refractivity contribution is 5.42. The predicted octanol–water partition coefficient (Wildman–Crippen LogP) is 3.49. The van der Waals surface area contributed by atoms with Crippen LogP contribution in [0.5, 0.6) is 11.5 Å². The van der Waals surface area contributed by atoms with E-state index in [-0.39, 0.29) is 6.61 Å². The summed E-state index contributed by atoms with van der Waals surface area (Å²) in [6.45, 7) is 6.36. The van der Waals surface area contributed by atoms with E-state index in [4.69, 9.17) is 14.2 Å². The molecule has 2 aromatic carbocycles. The van der Waals surface area contributed by atoms with Crippen LogP contribution in [-0.2, 0) is 17.9 Å². The first-order chi connectivity index (χ1) is 13.0. The Kier molecular flexibility index (Phi) is 8.58. The molecule has 5 nitrogen and oxygen atoms in total. The Hall–Kier alpha value is -2.08. The molecule has 0 spiro atoms. The van der Waals surface area contributed by atoms with E-state index in [9.17, 15) is 5.11 Å². The Labute approximate surface area is 162 Å². The Balaban J connectivity index is 1.82. The first-order valence-electron chi connectivity index (χ1n) is 9.28. The van der Waals surface area contributed by atoms with E-state index in [1.54, 1.807) is 14.2 Å². The fraction of sp³-hybridized carbons (Fsp3) is 0.455. The Morgan fingerprint density at radius 3 is 2.26 bits per heavy atom. The van der Waals surface area contributed by atoms with Crippen LogP contribution in [0, 0.1) is 0 Å². The van der Waals surface area contributed by atoms with E-state index in [1.807, 2.05) is 36.4 Å². The molecule has 5 heteroatoms. The third kappa shape index (κ3) is 6.86. The van der Waals surface area contributed by atoms with Gasteiger partial charge in [-0.1, -0.05) is 36.4 Å². The highest BCUT2D eigenvalue weighted by atomic mass is 16.5. The summed E-state index contributed by atoms with van der Waals surface area (Å²) in [7, 11) is 3.22. The van der Waals surface area contributed by atoms with Gasteiger partial charge in [-0.25, -0.2) is 0 Å². The minimum atomic E-state index is -0.545. The smallest absolute Gasteiger partial charge is 0.161 e. The summed E-state index contributed by atoms with van der Waals surface area (Å²) in [5.41, 5.74) is 2.22. The Morgan fingerprint density at radius 2 is 1.63 bits per heavy atom. The molecule has 0 radical (unpaired) electrons. The first kappa shape index (κ1) is 21.2. The molecule has 1 atom stereocenters. The highest BCUT2D eigenvalue weighted by Crippen LogP contribution is 2.27. The van der Waals surface area contributed by atoms with Gasteiger partial charge in [0, 0.05) is 19.1 Å². The molecule has 0 bridgehead atoms. The lowest BCUT2D eigenvalue weighted by Crippen LogP contribution is -2.38. The topological polar surface area (TPSA) is 51.2 Å². The molecule has 148 valence electrons. The molecular weight excluding hydrogens is 342 g/mol. The van der Waals surface area contributed by atoms with Gasteiger partial charge in [-0.15, -0.1) is 0 Å². The highest BCUT2D eigenvalue weighted by Gasteiger charge is 2.15. The molecule has 0 amide bonds. The van der Waals surface area contributed by atoms with Crippen LogP contribution >= 0.6 is 0 Å². The molecule has 2 aromatic rings. The summed E-state index contributed by atoms with van der Waals surface area (Å²) >= 11 is 0. The molecule has 1 N–H and O–H groups in total. The number of hydrogen-bond acceptors (Lipinski definition) is 5. The summed E-state index contributed by atoms with van der Waals surface area (Å²) in [4.78, 5) is 2.25. The monoisotopic (exact) mass is 373 g/mol. The third-order valence-electron chi connectivity index (χ3n) is 4.43. The average molecular weight is 373 g/mol. The summed E-state index contributed by atoms with van der Waals surface area (Å²) in [6.07, 6.45) is -0.545. The number of nitrogens with zero attached hydrogens (tertiary/aromatic N) is 1. The maximum Gasteiger partial charge on any atom is 0.161 e. The van der Waals surface area contributed by atoms with Gasteiger partial charge in [0.25, 0.3) is 0 Å². The van der Waals surface area contributed by atoms with Crippen molar-refractivity contribution in [1.29, 1.82) is 0 Å². The standard InChI is InChI=1S/C22H31NO4/c1-17(2)23(13-18-8-6-5-7-9-18)14-20(24)16-27-15-19-10-11-21(25-3)22(12-19)26-4/h5-12,17,20,24H,13-16H2,1-4H3/t20-/m1/s1. The minimum absolute atomic E-state index is 0.284. The van der Waals surface area contributed by atoms with Crippen LogP contribution in [0.1, 0.15) is 25.0 Å². The molecule has 0 fully saturated rings. The van der Waals surface area contributed by atoms with Crippen molar-refractivity contribution in [3.8, 4) is 11.5 Å². The largest absolute Gasteiger partial charge is 0.493 e. The van der Waals surface area contributed by atoms with Gasteiger partial charge in [0.2, 0.25) is 0 Å². The van der Waals surface area contributed by atoms with Crippen molar-refractivity contribution in [2.24, 2.45) is 0 Å². The lowest BCUT2D eigenvalue weighted by Gasteiger charge is -2.28. The van der Waals surface area contributed by atoms with E-state index < -0.39 is 6.10 Å². The molecular formula is C22H31NO4. The van der Waals surface area contributed by atoms with E-state index >= 15 is 0 Å². The van der Waals surface area contributed by atoms with E-state index in [0.717, 1.165) is 12.1 Å². The molecule has 2 rings (SSSR count). The molecule has 0 saturated carbocycles. The second-order valence-electron chi connectivity index (χ2n) is 6.87. The summed E-state index contributed by atoms with van der Waals surface area (Å²) in [5.74, 6) is 1.36. The van der Waals surface area contributed by atoms with Gasteiger partial charge < -0.3 is 19.3 Å². The van der Waals surface area contributed by atoms with Gasteiger partial charge in [-0.2, -0.15) is 0 Å². The summed E-state index contributed by atoms with van der Waals surface area (Å²) in [6, 6.07) is 16.3. The molecule has 0 aliphatic heterocycles. The molecule has 0 saturated heterocycles. The van der Waals surface area contributed by atoms with Gasteiger partial charge in [-0.05, 0) is 37.1 Å². The van der Waals surface area contributed by atoms with Crippen LogP contribution in [-0.4, -0.2) is 49.5 Å². The van der Waals surface area contributed by atoms with Crippen molar-refractivity contribution in [3.05, 3.63) is 59.7 Å². The van der Waals surface area contributed by atoms with E-state index in [2.05, 4.69) is 30.9 Å². The number of aliphatic hydroxyl groups excluding tert-OH is 1. The molecule has 0 heterocycles. The first-order valence-corrected chi connectivity index (χ1v) is 9.28. The maximum absolute atomic E-state index is 10.4. The van der Waals surface area contributed by atoms with Crippen molar-refractivity contribution in [2.75, 3.05) is 27.4 Å². The van der Waals surface area contributed by atoms with E-state index in [0.29, 0.717) is 30.7 Å². The fourth-order valence-electron chi connectivity index (χ4n) is 2.88. The number of aliphatic hydroxyl groups is 1. The van der Waals surface area contributed by atoms with Crippen molar-refractivity contribution < 1.29 is 19.3 Å². The summed E-state index contributed by atoms with van der Waals surface area (Å²) < 4.78 is 16.3. The van der Waals surface area contributed by atoms with Crippen LogP contribution in [0.4, 0.5) is 0 Å². The number of ether oxygens (including phenoxy) is 3. The molecule has 0 aliphatic carbocycles. The van der Waals surface area contributed by atoms with Gasteiger partial charge in [0.1, 0.15) is 0 Å². The fourth-order valence-corrected chi connectivity index (χ4v) is 2.88. The third-order valence-corrected chi connectivity index (χ3v) is 4.43. The van der Waals surface area contributed by atoms with Crippen molar-refractivity contribution >= 4 is 0 Å². The minimum Gasteiger partial charge on any atom is -0.493 e. The van der Waals surface area contributed by atoms with Crippen LogP contribution in [0.2, 0.25) is 0 Å². The lowest BCUT2D eigenvalue weighted by molar-refractivity contribution is 0.00310. The number of hydrogen-bond donors (Lipinski definition) is 1. The molecule has 0 aromatic heterocycles. The van der Waals surface area contributed by atoms with Crippen LogP contribution in [0.15, 0.2) is 48.5 Å². The average Bonchev–Trinajstić information content (AvgIpc) is 2.68. The Morgan fingerprint density at radius 1 is 0.926 bits per heavy atom. The lowest BCUT2D eigenvalue weighted by atomic mass is 10.1. The van der Waals surface area contributed by atoms with Crippen molar-refractivity contribution in [1.82, 2.24) is 4.90 Å². The quantitative estimate of drug-likeness (QED) is 0.653. The van der Waals surface area contributed by atoms with Crippen LogP contribution < -0.4 is 9.47 Å². The predicted molar refractivity (Wildman–Crippen MR) is 107 cm³/mol. The zero-order chi connectivity index (χ0) is 19.6. The normalized spacial score (nSPS) is 12.4. The van der Waals surface area contributed by atoms with Gasteiger partial charge in [0.05, 0.1) is 33.5 Å². The maximum atomic E-state index is 10.4. The number of rotatable bonds is 11. The van der Waals surface area contributed by atoms with Gasteiger partial charge in [0.15, 0.2) is 11.5 Å². The van der Waals surface area contributed by atoms with Crippen LogP contribution in [0.3, 0.4) is 0 Å². The second-order valence-corrected chi connectivity index (χ2v) is 6.87. The number of benzene rings is 2. The molecule has 0 aliphatic rings. The van der Waals surface area contributed by atoms with Crippen LogP contribution in [0.25, 0.3) is 0 Å². The Bertz CT molecular complexity index is 675. The van der Waals surface area contributed by atoms with E-state index in [1.165, 1.54) is 5.56 Å².